The highest BCUT2D eigenvalue weighted by Gasteiger charge is 2.47. The third kappa shape index (κ3) is 2.87. The highest BCUT2D eigenvalue weighted by molar-refractivity contribution is 6.14. The van der Waals surface area contributed by atoms with E-state index < -0.39 is 11.3 Å². The first kappa shape index (κ1) is 20.2. The van der Waals surface area contributed by atoms with Crippen LogP contribution in [0.4, 0.5) is 5.69 Å². The molecule has 1 aliphatic heterocycles. The molecule has 2 N–H and O–H groups in total. The second-order valence-electron chi connectivity index (χ2n) is 8.53. The molecule has 0 bridgehead atoms. The van der Waals surface area contributed by atoms with Crippen molar-refractivity contribution >= 4 is 39.2 Å². The Hall–Kier alpha value is -4.38. The lowest BCUT2D eigenvalue weighted by Crippen LogP contribution is -2.45. The molecule has 4 aromatic carbocycles. The second-order valence-corrected chi connectivity index (χ2v) is 8.53. The maximum atomic E-state index is 13.6. The Kier molecular flexibility index (Phi) is 4.52. The molecule has 5 aromatic rings. The lowest BCUT2D eigenvalue weighted by atomic mass is 9.66. The van der Waals surface area contributed by atoms with Crippen molar-refractivity contribution in [2.24, 2.45) is 10.7 Å². The molecule has 34 heavy (non-hydrogen) atoms. The van der Waals surface area contributed by atoms with Crippen molar-refractivity contribution in [3.8, 4) is 5.75 Å². The van der Waals surface area contributed by atoms with Crippen LogP contribution in [0, 0.1) is 0 Å². The van der Waals surface area contributed by atoms with Crippen LogP contribution in [0.1, 0.15) is 23.1 Å². The van der Waals surface area contributed by atoms with E-state index in [0.717, 1.165) is 44.3 Å². The van der Waals surface area contributed by atoms with E-state index in [9.17, 15) is 4.79 Å². The van der Waals surface area contributed by atoms with Crippen LogP contribution in [0.25, 0.3) is 21.9 Å². The lowest BCUT2D eigenvalue weighted by Gasteiger charge is -2.37. The summed E-state index contributed by atoms with van der Waals surface area (Å²) in [4.78, 5) is 18.5. The number of benzene rings is 4. The van der Waals surface area contributed by atoms with E-state index in [1.807, 2.05) is 91.0 Å². The summed E-state index contributed by atoms with van der Waals surface area (Å²) >= 11 is 0. The van der Waals surface area contributed by atoms with E-state index in [-0.39, 0.29) is 0 Å². The summed E-state index contributed by atoms with van der Waals surface area (Å²) in [5.74, 6) is 0.238. The third-order valence-electron chi connectivity index (χ3n) is 6.74. The van der Waals surface area contributed by atoms with E-state index in [1.54, 1.807) is 7.11 Å². The number of carbonyl (C=O) groups is 1. The second kappa shape index (κ2) is 7.59. The molecule has 2 heterocycles. The molecule has 5 nitrogen and oxygen atoms in total. The van der Waals surface area contributed by atoms with Gasteiger partial charge in [0.15, 0.2) is 0 Å². The third-order valence-corrected chi connectivity index (χ3v) is 6.74. The van der Waals surface area contributed by atoms with Gasteiger partial charge < -0.3 is 14.9 Å². The predicted molar refractivity (Wildman–Crippen MR) is 134 cm³/mol. The number of hydrogen-bond acceptors (Lipinski definition) is 4. The topological polar surface area (TPSA) is 77.8 Å². The maximum absolute atomic E-state index is 13.6. The molecule has 0 radical (unpaired) electrons. The van der Waals surface area contributed by atoms with Crippen molar-refractivity contribution in [2.75, 3.05) is 7.11 Å². The van der Waals surface area contributed by atoms with Gasteiger partial charge in [-0.15, -0.1) is 0 Å². The molecule has 1 aliphatic rings. The predicted octanol–water partition coefficient (Wildman–Crippen LogP) is 5.89. The quantitative estimate of drug-likeness (QED) is 0.374. The Bertz CT molecular complexity index is 1600. The number of primary amides is 1. The molecular weight excluding hydrogens is 424 g/mol. The highest BCUT2D eigenvalue weighted by Crippen LogP contribution is 2.49. The van der Waals surface area contributed by atoms with Gasteiger partial charge in [0.05, 0.1) is 18.5 Å². The van der Waals surface area contributed by atoms with Crippen LogP contribution in [-0.2, 0) is 10.2 Å². The van der Waals surface area contributed by atoms with Gasteiger partial charge >= 0.3 is 0 Å². The minimum atomic E-state index is -1.14. The number of fused-ring (bicyclic) bond motifs is 4. The standard InChI is InChI=1S/C29H22N2O3/c1-33-19-14-15-21-23(16-19)31-24(18-8-3-2-4-9-18)17-29(21,28(30)32)22-11-7-13-26-27(22)20-10-5-6-12-25(20)34-26/h2-16H,17H2,1H3,(H2,30,32). The van der Waals surface area contributed by atoms with Crippen molar-refractivity contribution in [1.29, 1.82) is 0 Å². The number of hydrogen-bond donors (Lipinski definition) is 1. The number of para-hydroxylation sites is 1. The van der Waals surface area contributed by atoms with Gasteiger partial charge in [0.25, 0.3) is 0 Å². The number of nitrogens with two attached hydrogens (primary N) is 1. The maximum Gasteiger partial charge on any atom is 0.233 e. The summed E-state index contributed by atoms with van der Waals surface area (Å²) < 4.78 is 11.6. The first-order chi connectivity index (χ1) is 16.6. The van der Waals surface area contributed by atoms with Crippen LogP contribution < -0.4 is 10.5 Å². The number of nitrogens with zero attached hydrogens (tertiary/aromatic N) is 1. The monoisotopic (exact) mass is 446 g/mol. The van der Waals surface area contributed by atoms with E-state index in [1.165, 1.54) is 0 Å². The van der Waals surface area contributed by atoms with Gasteiger partial charge in [-0.05, 0) is 34.9 Å². The minimum Gasteiger partial charge on any atom is -0.497 e. The van der Waals surface area contributed by atoms with Crippen LogP contribution in [0.3, 0.4) is 0 Å². The molecule has 0 fully saturated rings. The van der Waals surface area contributed by atoms with E-state index in [4.69, 9.17) is 19.9 Å². The summed E-state index contributed by atoms with van der Waals surface area (Å²) in [7, 11) is 1.62. The Morgan fingerprint density at radius 2 is 1.68 bits per heavy atom. The zero-order valence-corrected chi connectivity index (χ0v) is 18.6. The summed E-state index contributed by atoms with van der Waals surface area (Å²) in [6.45, 7) is 0. The molecule has 0 saturated heterocycles. The number of aliphatic imine (C=N–C) groups is 1. The average molecular weight is 447 g/mol. The number of amides is 1. The Labute approximate surface area is 196 Å². The van der Waals surface area contributed by atoms with Gasteiger partial charge in [0, 0.05) is 23.3 Å². The molecule has 5 heteroatoms. The molecular formula is C29H22N2O3. The van der Waals surface area contributed by atoms with Crippen molar-refractivity contribution < 1.29 is 13.9 Å². The van der Waals surface area contributed by atoms with Crippen LogP contribution in [-0.4, -0.2) is 18.7 Å². The zero-order chi connectivity index (χ0) is 23.3. The summed E-state index contributed by atoms with van der Waals surface area (Å²) in [6, 6.07) is 29.2. The molecule has 1 atom stereocenters. The normalized spacial score (nSPS) is 17.4. The first-order valence-corrected chi connectivity index (χ1v) is 11.1. The number of rotatable bonds is 4. The molecule has 0 spiro atoms. The molecule has 0 aliphatic carbocycles. The zero-order valence-electron chi connectivity index (χ0n) is 18.6. The van der Waals surface area contributed by atoms with Crippen molar-refractivity contribution in [3.05, 3.63) is 108 Å². The summed E-state index contributed by atoms with van der Waals surface area (Å²) in [6.07, 6.45) is 0.338. The number of carbonyl (C=O) groups excluding carboxylic acids is 1. The van der Waals surface area contributed by atoms with Crippen molar-refractivity contribution in [3.63, 3.8) is 0 Å². The van der Waals surface area contributed by atoms with Gasteiger partial charge in [-0.3, -0.25) is 9.79 Å². The molecule has 166 valence electrons. The molecule has 1 unspecified atom stereocenters. The fourth-order valence-corrected chi connectivity index (χ4v) is 5.14. The Balaban J connectivity index is 1.72. The number of ether oxygens (including phenoxy) is 1. The summed E-state index contributed by atoms with van der Waals surface area (Å²) in [5.41, 5.74) is 10.7. The van der Waals surface area contributed by atoms with Gasteiger partial charge in [0.2, 0.25) is 5.91 Å². The highest BCUT2D eigenvalue weighted by atomic mass is 16.5. The van der Waals surface area contributed by atoms with Crippen LogP contribution >= 0.6 is 0 Å². The average Bonchev–Trinajstić information content (AvgIpc) is 3.27. The van der Waals surface area contributed by atoms with Crippen LogP contribution in [0.15, 0.2) is 100 Å². The Morgan fingerprint density at radius 3 is 2.47 bits per heavy atom. The molecule has 0 saturated carbocycles. The largest absolute Gasteiger partial charge is 0.497 e. The minimum absolute atomic E-state index is 0.338. The number of methoxy groups -OCH3 is 1. The fourth-order valence-electron chi connectivity index (χ4n) is 5.14. The van der Waals surface area contributed by atoms with Crippen LogP contribution in [0.5, 0.6) is 5.75 Å². The van der Waals surface area contributed by atoms with Gasteiger partial charge in [-0.25, -0.2) is 0 Å². The van der Waals surface area contributed by atoms with E-state index in [2.05, 4.69) is 0 Å². The van der Waals surface area contributed by atoms with Crippen molar-refractivity contribution in [2.45, 2.75) is 11.8 Å². The van der Waals surface area contributed by atoms with Gasteiger partial charge in [0.1, 0.15) is 22.3 Å². The smallest absolute Gasteiger partial charge is 0.233 e. The lowest BCUT2D eigenvalue weighted by molar-refractivity contribution is -0.121. The van der Waals surface area contributed by atoms with Gasteiger partial charge in [-0.2, -0.15) is 0 Å². The van der Waals surface area contributed by atoms with E-state index >= 15 is 0 Å². The Morgan fingerprint density at radius 1 is 0.912 bits per heavy atom. The van der Waals surface area contributed by atoms with Gasteiger partial charge in [-0.1, -0.05) is 66.7 Å². The molecule has 6 rings (SSSR count). The number of furan rings is 1. The van der Waals surface area contributed by atoms with Crippen molar-refractivity contribution in [1.82, 2.24) is 0 Å². The van der Waals surface area contributed by atoms with E-state index in [0.29, 0.717) is 17.9 Å². The summed E-state index contributed by atoms with van der Waals surface area (Å²) in [5, 5.41) is 1.85. The first-order valence-electron chi connectivity index (χ1n) is 11.1. The fraction of sp³-hybridized carbons (Fsp3) is 0.103. The molecule has 1 aromatic heterocycles. The molecule has 1 amide bonds. The van der Waals surface area contributed by atoms with Crippen LogP contribution in [0.2, 0.25) is 0 Å². The SMILES string of the molecule is COc1ccc2c(c1)N=C(c1ccccc1)CC2(C(N)=O)c1cccc2oc3ccccc3c12.